The molecule has 3 N–H and O–H groups in total. The van der Waals surface area contributed by atoms with E-state index in [-0.39, 0.29) is 30.4 Å². The van der Waals surface area contributed by atoms with E-state index in [2.05, 4.69) is 0 Å². The van der Waals surface area contributed by atoms with E-state index in [1.54, 1.807) is 44.2 Å². The molecule has 4 aliphatic rings. The fourth-order valence-electron chi connectivity index (χ4n) is 7.59. The number of carbonyl (C=O) groups is 5. The van der Waals surface area contributed by atoms with Crippen LogP contribution in [0.3, 0.4) is 0 Å². The van der Waals surface area contributed by atoms with Crippen LogP contribution in [0, 0.1) is 42.9 Å². The average Bonchev–Trinajstić information content (AvgIpc) is 3.27. The molecule has 0 spiro atoms. The van der Waals surface area contributed by atoms with Crippen LogP contribution in [0.25, 0.3) is 0 Å². The van der Waals surface area contributed by atoms with Gasteiger partial charge in [-0.05, 0) is 68.4 Å². The van der Waals surface area contributed by atoms with Crippen molar-refractivity contribution >= 4 is 35.3 Å². The van der Waals surface area contributed by atoms with Gasteiger partial charge in [-0.3, -0.25) is 19.2 Å². The van der Waals surface area contributed by atoms with Crippen molar-refractivity contribution in [2.24, 2.45) is 34.8 Å². The lowest BCUT2D eigenvalue weighted by Crippen LogP contribution is -2.49. The molecule has 0 unspecified atom stereocenters. The number of nitrogens with two attached hydrogens (primary N) is 1. The van der Waals surface area contributed by atoms with Crippen LogP contribution in [0.15, 0.2) is 54.1 Å². The maximum Gasteiger partial charge on any atom is 0.328 e. The molecule has 6 amide bonds. The van der Waals surface area contributed by atoms with Gasteiger partial charge in [0, 0.05) is 5.92 Å². The van der Waals surface area contributed by atoms with E-state index < -0.39 is 52.8 Å². The summed E-state index contributed by atoms with van der Waals surface area (Å²) < 4.78 is 0. The Morgan fingerprint density at radius 2 is 1.62 bits per heavy atom. The predicted molar refractivity (Wildman–Crippen MR) is 140 cm³/mol. The van der Waals surface area contributed by atoms with Crippen molar-refractivity contribution in [3.8, 4) is 5.75 Å². The highest BCUT2D eigenvalue weighted by atomic mass is 16.3. The second-order valence-electron chi connectivity index (χ2n) is 11.4. The molecule has 0 bridgehead atoms. The molecular weight excluding hydrogens is 498 g/mol. The summed E-state index contributed by atoms with van der Waals surface area (Å²) in [7, 11) is 0. The standard InChI is InChI=1S/C30H29N3O6/c1-14-11-16(12-15(2)24(14)34)23-18-9-10-19-22(27(37)33(25(19)35)29(31)39)20(18)13-21-26(36)32(28(38)30(21,23)3)17-7-5-4-6-8-17/h4-9,11-12,19-23,34H,10,13H2,1-3H3,(H2,31,39)/t19-,20+,21-,22-,23-,30+/m0/s1. The summed E-state index contributed by atoms with van der Waals surface area (Å²) in [4.78, 5) is 68.5. The largest absolute Gasteiger partial charge is 0.507 e. The van der Waals surface area contributed by atoms with Gasteiger partial charge in [0.15, 0.2) is 0 Å². The number of phenols is 1. The summed E-state index contributed by atoms with van der Waals surface area (Å²) in [6, 6.07) is 11.3. The monoisotopic (exact) mass is 527 g/mol. The molecule has 3 fully saturated rings. The number of anilines is 1. The molecule has 9 heteroatoms. The molecule has 9 nitrogen and oxygen atoms in total. The van der Waals surface area contributed by atoms with Crippen molar-refractivity contribution in [3.63, 3.8) is 0 Å². The molecule has 1 saturated carbocycles. The first-order valence-corrected chi connectivity index (χ1v) is 13.1. The van der Waals surface area contributed by atoms with E-state index in [1.165, 1.54) is 4.90 Å². The summed E-state index contributed by atoms with van der Waals surface area (Å²) in [6.45, 7) is 5.36. The summed E-state index contributed by atoms with van der Waals surface area (Å²) in [5, 5.41) is 10.5. The third-order valence-corrected chi connectivity index (χ3v) is 9.36. The zero-order valence-corrected chi connectivity index (χ0v) is 21.9. The topological polar surface area (TPSA) is 138 Å². The first kappa shape index (κ1) is 25.0. The van der Waals surface area contributed by atoms with E-state index in [1.807, 2.05) is 25.1 Å². The van der Waals surface area contributed by atoms with Crippen LogP contribution in [-0.4, -0.2) is 39.7 Å². The lowest BCUT2D eigenvalue weighted by Gasteiger charge is -2.49. The summed E-state index contributed by atoms with van der Waals surface area (Å²) >= 11 is 0. The molecule has 0 aromatic heterocycles. The Labute approximate surface area is 225 Å². The van der Waals surface area contributed by atoms with Gasteiger partial charge in [-0.1, -0.05) is 42.0 Å². The van der Waals surface area contributed by atoms with Crippen LogP contribution >= 0.6 is 0 Å². The van der Waals surface area contributed by atoms with E-state index >= 15 is 0 Å². The van der Waals surface area contributed by atoms with Gasteiger partial charge < -0.3 is 10.8 Å². The molecule has 2 heterocycles. The van der Waals surface area contributed by atoms with Crippen molar-refractivity contribution in [1.29, 1.82) is 0 Å². The molecule has 200 valence electrons. The van der Waals surface area contributed by atoms with E-state index in [9.17, 15) is 29.1 Å². The number of urea groups is 1. The molecule has 0 radical (unpaired) electrons. The minimum Gasteiger partial charge on any atom is -0.507 e. The number of allylic oxidation sites excluding steroid dienone is 2. The number of likely N-dealkylation sites (tertiary alicyclic amines) is 1. The van der Waals surface area contributed by atoms with Gasteiger partial charge in [0.2, 0.25) is 23.6 Å². The molecule has 2 aliphatic heterocycles. The molecule has 2 aliphatic carbocycles. The smallest absolute Gasteiger partial charge is 0.328 e. The number of nitrogens with zero attached hydrogens (tertiary/aromatic N) is 2. The van der Waals surface area contributed by atoms with Crippen LogP contribution in [0.5, 0.6) is 5.75 Å². The van der Waals surface area contributed by atoms with Gasteiger partial charge in [0.1, 0.15) is 5.75 Å². The number of fused-ring (bicyclic) bond motifs is 4. The summed E-state index contributed by atoms with van der Waals surface area (Å²) in [5.74, 6) is -5.27. The third-order valence-electron chi connectivity index (χ3n) is 9.36. The average molecular weight is 528 g/mol. The van der Waals surface area contributed by atoms with Gasteiger partial charge in [0.25, 0.3) is 0 Å². The molecule has 2 aromatic rings. The molecule has 6 rings (SSSR count). The van der Waals surface area contributed by atoms with Crippen LogP contribution in [0.1, 0.15) is 42.4 Å². The van der Waals surface area contributed by atoms with E-state index in [0.29, 0.717) is 21.7 Å². The zero-order valence-electron chi connectivity index (χ0n) is 21.9. The van der Waals surface area contributed by atoms with Gasteiger partial charge in [-0.2, -0.15) is 4.90 Å². The van der Waals surface area contributed by atoms with Crippen molar-refractivity contribution in [3.05, 3.63) is 70.8 Å². The molecule has 2 aromatic carbocycles. The third kappa shape index (κ3) is 3.22. The number of para-hydroxylation sites is 1. The number of hydrogen-bond acceptors (Lipinski definition) is 6. The van der Waals surface area contributed by atoms with Crippen LogP contribution in [0.2, 0.25) is 0 Å². The predicted octanol–water partition coefficient (Wildman–Crippen LogP) is 3.32. The second-order valence-corrected chi connectivity index (χ2v) is 11.4. The maximum atomic E-state index is 14.3. The van der Waals surface area contributed by atoms with E-state index in [4.69, 9.17) is 5.73 Å². The fourth-order valence-corrected chi connectivity index (χ4v) is 7.59. The number of amides is 6. The number of carbonyl (C=O) groups excluding carboxylic acids is 5. The van der Waals surface area contributed by atoms with Gasteiger partial charge in [-0.25, -0.2) is 9.69 Å². The van der Waals surface area contributed by atoms with Gasteiger partial charge in [-0.15, -0.1) is 0 Å². The Bertz CT molecular complexity index is 1490. The normalized spacial score (nSPS) is 31.7. The number of hydrogen-bond donors (Lipinski definition) is 2. The van der Waals surface area contributed by atoms with E-state index in [0.717, 1.165) is 11.1 Å². The molecular formula is C30H29N3O6. The Kier molecular flexibility index (Phi) is 5.37. The molecule has 39 heavy (non-hydrogen) atoms. The fraction of sp³-hybridized carbons (Fsp3) is 0.367. The number of aromatic hydroxyl groups is 1. The quantitative estimate of drug-likeness (QED) is 0.454. The summed E-state index contributed by atoms with van der Waals surface area (Å²) in [6.07, 6.45) is 2.33. The van der Waals surface area contributed by atoms with Gasteiger partial charge >= 0.3 is 6.03 Å². The van der Waals surface area contributed by atoms with Crippen molar-refractivity contribution in [2.75, 3.05) is 4.90 Å². The van der Waals surface area contributed by atoms with Crippen molar-refractivity contribution in [1.82, 2.24) is 4.90 Å². The number of aryl methyl sites for hydroxylation is 2. The second kappa shape index (κ2) is 8.36. The Hall–Kier alpha value is -4.27. The van der Waals surface area contributed by atoms with Crippen LogP contribution in [0.4, 0.5) is 10.5 Å². The van der Waals surface area contributed by atoms with Crippen LogP contribution in [-0.2, 0) is 19.2 Å². The number of phenolic OH excluding ortho intramolecular Hbond substituents is 1. The SMILES string of the molecule is Cc1cc([C@H]2C3=CC[C@@H]4C(=O)N(C(N)=O)C(=O)[C@@H]4[C@@H]3C[C@H]3C(=O)N(c4ccccc4)C(=O)[C@@]23C)cc(C)c1O. The van der Waals surface area contributed by atoms with Crippen LogP contribution < -0.4 is 10.6 Å². The highest BCUT2D eigenvalue weighted by Gasteiger charge is 2.67. The number of rotatable bonds is 2. The van der Waals surface area contributed by atoms with Crippen molar-refractivity contribution in [2.45, 2.75) is 39.5 Å². The molecule has 2 saturated heterocycles. The minimum atomic E-state index is -1.17. The lowest BCUT2D eigenvalue weighted by molar-refractivity contribution is -0.136. The first-order chi connectivity index (χ1) is 18.5. The maximum absolute atomic E-state index is 14.3. The van der Waals surface area contributed by atoms with Gasteiger partial charge in [0.05, 0.1) is 28.9 Å². The summed E-state index contributed by atoms with van der Waals surface area (Å²) in [5.41, 5.74) is 7.52. The highest BCUT2D eigenvalue weighted by molar-refractivity contribution is 6.24. The first-order valence-electron chi connectivity index (χ1n) is 13.1. The number of primary amides is 1. The Morgan fingerprint density at radius 3 is 2.23 bits per heavy atom. The lowest BCUT2D eigenvalue weighted by atomic mass is 9.51. The molecule has 6 atom stereocenters. The zero-order chi connectivity index (χ0) is 28.0. The minimum absolute atomic E-state index is 0.152. The Morgan fingerprint density at radius 1 is 0.974 bits per heavy atom. The highest BCUT2D eigenvalue weighted by Crippen LogP contribution is 2.63. The Balaban J connectivity index is 1.55. The number of imide groups is 4. The van der Waals surface area contributed by atoms with Crippen molar-refractivity contribution < 1.29 is 29.1 Å². The number of benzene rings is 2.